The molecule has 104 valence electrons. The topological polar surface area (TPSA) is 9.23 Å². The van der Waals surface area contributed by atoms with Crippen LogP contribution in [-0.4, -0.2) is 21.1 Å². The fourth-order valence-corrected chi connectivity index (χ4v) is 5.34. The van der Waals surface area contributed by atoms with Gasteiger partial charge in [0, 0.05) is 0 Å². The molecule has 0 spiro atoms. The summed E-state index contributed by atoms with van der Waals surface area (Å²) in [5.41, 5.74) is 1.34. The van der Waals surface area contributed by atoms with Gasteiger partial charge in [0.15, 0.2) is 0 Å². The second-order valence-corrected chi connectivity index (χ2v) is 8.08. The molecule has 2 aromatic rings. The van der Waals surface area contributed by atoms with E-state index >= 15 is 0 Å². The van der Waals surface area contributed by atoms with E-state index in [1.165, 1.54) is 22.9 Å². The van der Waals surface area contributed by atoms with Gasteiger partial charge in [0.2, 0.25) is 0 Å². The van der Waals surface area contributed by atoms with Gasteiger partial charge in [-0.1, -0.05) is 0 Å². The Labute approximate surface area is 127 Å². The molecule has 0 radical (unpaired) electrons. The van der Waals surface area contributed by atoms with Crippen LogP contribution in [0.1, 0.15) is 31.4 Å². The van der Waals surface area contributed by atoms with Crippen molar-refractivity contribution in [2.45, 2.75) is 36.8 Å². The molecular formula is C18H20OSe. The van der Waals surface area contributed by atoms with Crippen molar-refractivity contribution in [2.24, 2.45) is 0 Å². The number of ether oxygens (including phenoxy) is 1. The van der Waals surface area contributed by atoms with Crippen LogP contribution in [0.15, 0.2) is 60.7 Å². The molecule has 20 heavy (non-hydrogen) atoms. The standard InChI is InChI=1S/C18H20OSe/c1-14-12-13-17(20-16-10-6-3-7-11-16)18(19-14)15-8-4-2-5-9-15/h2-11,14,17-18H,12-13H2,1H3/t14-,17-,18+/m0/s1. The van der Waals surface area contributed by atoms with Gasteiger partial charge in [0.25, 0.3) is 0 Å². The molecule has 1 aliphatic heterocycles. The minimum absolute atomic E-state index is 0.264. The summed E-state index contributed by atoms with van der Waals surface area (Å²) in [6.45, 7) is 2.20. The Morgan fingerprint density at radius 2 is 1.55 bits per heavy atom. The molecule has 0 unspecified atom stereocenters. The van der Waals surface area contributed by atoms with Crippen LogP contribution in [0.4, 0.5) is 0 Å². The van der Waals surface area contributed by atoms with Crippen molar-refractivity contribution in [1.82, 2.24) is 0 Å². The Morgan fingerprint density at radius 3 is 2.25 bits per heavy atom. The SMILES string of the molecule is C[C@H]1CC[C@H]([Se]c2ccccc2)[C@@H](c2ccccc2)O1. The summed E-state index contributed by atoms with van der Waals surface area (Å²) in [6.07, 6.45) is 3.10. The molecular weight excluding hydrogens is 311 g/mol. The van der Waals surface area contributed by atoms with Crippen LogP contribution in [0.25, 0.3) is 0 Å². The predicted octanol–water partition coefficient (Wildman–Crippen LogP) is 3.74. The summed E-state index contributed by atoms with van der Waals surface area (Å²) in [5.74, 6) is 0. The molecule has 1 fully saturated rings. The third-order valence-corrected chi connectivity index (χ3v) is 6.52. The Bertz CT molecular complexity index is 526. The zero-order valence-corrected chi connectivity index (χ0v) is 13.4. The summed E-state index contributed by atoms with van der Waals surface area (Å²) in [7, 11) is 0. The number of benzene rings is 2. The maximum absolute atomic E-state index is 6.27. The molecule has 3 atom stereocenters. The van der Waals surface area contributed by atoms with Gasteiger partial charge in [0.05, 0.1) is 0 Å². The second-order valence-electron chi connectivity index (χ2n) is 5.32. The first-order valence-corrected chi connectivity index (χ1v) is 9.09. The summed E-state index contributed by atoms with van der Waals surface area (Å²) < 4.78 is 7.75. The molecule has 1 heterocycles. The van der Waals surface area contributed by atoms with Crippen molar-refractivity contribution in [3.05, 3.63) is 66.2 Å². The van der Waals surface area contributed by atoms with E-state index in [2.05, 4.69) is 67.6 Å². The second kappa shape index (κ2) is 6.58. The number of hydrogen-bond acceptors (Lipinski definition) is 1. The average molecular weight is 331 g/mol. The van der Waals surface area contributed by atoms with Gasteiger partial charge in [-0.25, -0.2) is 0 Å². The molecule has 0 amide bonds. The van der Waals surface area contributed by atoms with Gasteiger partial charge in [-0.15, -0.1) is 0 Å². The quantitative estimate of drug-likeness (QED) is 0.779. The molecule has 0 aromatic heterocycles. The normalized spacial score (nSPS) is 26.4. The first kappa shape index (κ1) is 13.9. The maximum atomic E-state index is 6.27. The Morgan fingerprint density at radius 1 is 0.900 bits per heavy atom. The summed E-state index contributed by atoms with van der Waals surface area (Å²) in [6, 6.07) is 21.6. The molecule has 0 bridgehead atoms. The van der Waals surface area contributed by atoms with Gasteiger partial charge >= 0.3 is 127 Å². The molecule has 2 heteroatoms. The first-order chi connectivity index (χ1) is 9.83. The van der Waals surface area contributed by atoms with E-state index in [4.69, 9.17) is 4.74 Å². The van der Waals surface area contributed by atoms with Crippen LogP contribution >= 0.6 is 0 Å². The Kier molecular flexibility index (Phi) is 4.57. The monoisotopic (exact) mass is 332 g/mol. The average Bonchev–Trinajstić information content (AvgIpc) is 2.51. The molecule has 1 nitrogen and oxygen atoms in total. The third kappa shape index (κ3) is 3.32. The van der Waals surface area contributed by atoms with E-state index in [1.54, 1.807) is 0 Å². The molecule has 0 N–H and O–H groups in total. The van der Waals surface area contributed by atoms with Gasteiger partial charge in [-0.05, 0) is 0 Å². The van der Waals surface area contributed by atoms with Crippen LogP contribution in [0.5, 0.6) is 0 Å². The van der Waals surface area contributed by atoms with Gasteiger partial charge in [-0.2, -0.15) is 0 Å². The predicted molar refractivity (Wildman–Crippen MR) is 84.5 cm³/mol. The van der Waals surface area contributed by atoms with E-state index in [0.29, 0.717) is 25.9 Å². The molecule has 1 aliphatic rings. The van der Waals surface area contributed by atoms with Crippen LogP contribution in [0.3, 0.4) is 0 Å². The van der Waals surface area contributed by atoms with Crippen molar-refractivity contribution < 1.29 is 4.74 Å². The summed E-state index contributed by atoms with van der Waals surface area (Å²) in [5, 5.41) is 0. The van der Waals surface area contributed by atoms with Gasteiger partial charge in [0.1, 0.15) is 0 Å². The Balaban J connectivity index is 1.80. The van der Waals surface area contributed by atoms with Crippen LogP contribution in [0.2, 0.25) is 4.82 Å². The van der Waals surface area contributed by atoms with Crippen molar-refractivity contribution >= 4 is 19.4 Å². The molecule has 1 saturated heterocycles. The van der Waals surface area contributed by atoms with Crippen molar-refractivity contribution in [3.63, 3.8) is 0 Å². The number of hydrogen-bond donors (Lipinski definition) is 0. The van der Waals surface area contributed by atoms with Gasteiger partial charge in [-0.3, -0.25) is 0 Å². The third-order valence-electron chi connectivity index (χ3n) is 3.73. The van der Waals surface area contributed by atoms with Crippen molar-refractivity contribution in [2.75, 3.05) is 0 Å². The fourth-order valence-electron chi connectivity index (χ4n) is 2.69. The van der Waals surface area contributed by atoms with Crippen LogP contribution in [-0.2, 0) is 4.74 Å². The van der Waals surface area contributed by atoms with E-state index < -0.39 is 0 Å². The molecule has 2 aromatic carbocycles. The van der Waals surface area contributed by atoms with Crippen LogP contribution < -0.4 is 4.46 Å². The van der Waals surface area contributed by atoms with E-state index in [0.717, 1.165) is 0 Å². The zero-order chi connectivity index (χ0) is 13.8. The molecule has 3 rings (SSSR count). The van der Waals surface area contributed by atoms with Crippen LogP contribution in [0, 0.1) is 0 Å². The van der Waals surface area contributed by atoms with E-state index in [9.17, 15) is 0 Å². The number of rotatable bonds is 3. The summed E-state index contributed by atoms with van der Waals surface area (Å²) in [4.78, 5) is 0.642. The Hall–Kier alpha value is -1.08. The molecule has 0 saturated carbocycles. The minimum atomic E-state index is 0.264. The van der Waals surface area contributed by atoms with E-state index in [-0.39, 0.29) is 6.10 Å². The summed E-state index contributed by atoms with van der Waals surface area (Å²) >= 11 is 0.474. The van der Waals surface area contributed by atoms with E-state index in [1.807, 2.05) is 0 Å². The molecule has 0 aliphatic carbocycles. The van der Waals surface area contributed by atoms with Crippen molar-refractivity contribution in [3.8, 4) is 0 Å². The van der Waals surface area contributed by atoms with Crippen molar-refractivity contribution in [1.29, 1.82) is 0 Å². The first-order valence-electron chi connectivity index (χ1n) is 7.25. The fraction of sp³-hybridized carbons (Fsp3) is 0.333. The van der Waals surface area contributed by atoms with Gasteiger partial charge < -0.3 is 0 Å². The zero-order valence-electron chi connectivity index (χ0n) is 11.7.